The van der Waals surface area contributed by atoms with Crippen LogP contribution in [0.5, 0.6) is 0 Å². The fraction of sp³-hybridized carbons (Fsp3) is 0.182. The van der Waals surface area contributed by atoms with Crippen LogP contribution >= 0.6 is 11.6 Å². The molecule has 1 aliphatic heterocycles. The summed E-state index contributed by atoms with van der Waals surface area (Å²) >= 11 is 5.86. The van der Waals surface area contributed by atoms with Crippen molar-refractivity contribution in [2.45, 2.75) is 0 Å². The standard InChI is InChI=1S/C22H21ClN4O/c23-18-8-6-17(7-9-18)22(28)25-19-10-11-21(24-16-19)27-14-12-26(13-15-27)20-4-2-1-3-5-20/h1-11,16H,12-15H2,(H,25,28). The van der Waals surface area contributed by atoms with Crippen molar-refractivity contribution in [3.05, 3.63) is 83.5 Å². The van der Waals surface area contributed by atoms with Crippen LogP contribution in [-0.2, 0) is 0 Å². The van der Waals surface area contributed by atoms with Crippen LogP contribution in [0.4, 0.5) is 17.2 Å². The zero-order valence-electron chi connectivity index (χ0n) is 15.4. The molecular formula is C22H21ClN4O. The van der Waals surface area contributed by atoms with Crippen LogP contribution in [0.3, 0.4) is 0 Å². The number of pyridine rings is 1. The molecule has 1 fully saturated rings. The first-order chi connectivity index (χ1) is 13.7. The fourth-order valence-corrected chi connectivity index (χ4v) is 3.41. The van der Waals surface area contributed by atoms with Gasteiger partial charge in [0.1, 0.15) is 5.82 Å². The molecule has 2 aromatic carbocycles. The molecule has 0 aliphatic carbocycles. The number of para-hydroxylation sites is 1. The van der Waals surface area contributed by atoms with Gasteiger partial charge in [-0.25, -0.2) is 4.98 Å². The van der Waals surface area contributed by atoms with E-state index in [0.717, 1.165) is 32.0 Å². The largest absolute Gasteiger partial charge is 0.368 e. The molecule has 4 rings (SSSR count). The summed E-state index contributed by atoms with van der Waals surface area (Å²) < 4.78 is 0. The summed E-state index contributed by atoms with van der Waals surface area (Å²) in [5.41, 5.74) is 2.49. The monoisotopic (exact) mass is 392 g/mol. The first-order valence-electron chi connectivity index (χ1n) is 9.27. The van der Waals surface area contributed by atoms with Gasteiger partial charge in [-0.05, 0) is 48.5 Å². The number of benzene rings is 2. The molecule has 1 saturated heterocycles. The van der Waals surface area contributed by atoms with E-state index in [1.165, 1.54) is 5.69 Å². The van der Waals surface area contributed by atoms with Gasteiger partial charge in [-0.3, -0.25) is 4.79 Å². The Morgan fingerprint density at radius 1 is 0.857 bits per heavy atom. The molecule has 1 aromatic heterocycles. The summed E-state index contributed by atoms with van der Waals surface area (Å²) in [5, 5.41) is 3.47. The third kappa shape index (κ3) is 4.26. The van der Waals surface area contributed by atoms with Gasteiger partial charge in [0.15, 0.2) is 0 Å². The van der Waals surface area contributed by atoms with Crippen LogP contribution < -0.4 is 15.1 Å². The molecule has 1 N–H and O–H groups in total. The lowest BCUT2D eigenvalue weighted by atomic mass is 10.2. The number of carbonyl (C=O) groups excluding carboxylic acids is 1. The van der Waals surface area contributed by atoms with Crippen LogP contribution in [0, 0.1) is 0 Å². The maximum atomic E-state index is 12.3. The first kappa shape index (κ1) is 18.3. The zero-order chi connectivity index (χ0) is 19.3. The normalized spacial score (nSPS) is 14.0. The van der Waals surface area contributed by atoms with E-state index in [9.17, 15) is 4.79 Å². The number of rotatable bonds is 4. The Labute approximate surface area is 169 Å². The van der Waals surface area contributed by atoms with E-state index in [-0.39, 0.29) is 5.91 Å². The van der Waals surface area contributed by atoms with Crippen molar-refractivity contribution in [3.63, 3.8) is 0 Å². The number of carbonyl (C=O) groups is 1. The average molecular weight is 393 g/mol. The van der Waals surface area contributed by atoms with Crippen LogP contribution in [0.2, 0.25) is 5.02 Å². The Kier molecular flexibility index (Phi) is 5.44. The van der Waals surface area contributed by atoms with Crippen molar-refractivity contribution in [1.29, 1.82) is 0 Å². The van der Waals surface area contributed by atoms with Gasteiger partial charge in [0.05, 0.1) is 11.9 Å². The van der Waals surface area contributed by atoms with Gasteiger partial charge in [-0.15, -0.1) is 0 Å². The second-order valence-electron chi connectivity index (χ2n) is 6.68. The van der Waals surface area contributed by atoms with Crippen molar-refractivity contribution >= 4 is 34.7 Å². The van der Waals surface area contributed by atoms with E-state index in [0.29, 0.717) is 16.3 Å². The Hall–Kier alpha value is -3.05. The van der Waals surface area contributed by atoms with Gasteiger partial charge in [0.2, 0.25) is 0 Å². The fourth-order valence-electron chi connectivity index (χ4n) is 3.28. The van der Waals surface area contributed by atoms with Crippen molar-refractivity contribution in [2.75, 3.05) is 41.3 Å². The molecular weight excluding hydrogens is 372 g/mol. The smallest absolute Gasteiger partial charge is 0.255 e. The summed E-state index contributed by atoms with van der Waals surface area (Å²) in [4.78, 5) is 21.5. The van der Waals surface area contributed by atoms with Gasteiger partial charge in [0.25, 0.3) is 5.91 Å². The van der Waals surface area contributed by atoms with E-state index in [1.807, 2.05) is 18.2 Å². The number of nitrogens with zero attached hydrogens (tertiary/aromatic N) is 3. The minimum absolute atomic E-state index is 0.178. The molecule has 142 valence electrons. The molecule has 1 aliphatic rings. The molecule has 1 amide bonds. The molecule has 0 atom stereocenters. The molecule has 6 heteroatoms. The summed E-state index contributed by atoms with van der Waals surface area (Å²) in [5.74, 6) is 0.750. The van der Waals surface area contributed by atoms with Gasteiger partial charge in [-0.1, -0.05) is 29.8 Å². The number of anilines is 3. The molecule has 2 heterocycles. The Balaban J connectivity index is 1.35. The lowest BCUT2D eigenvalue weighted by molar-refractivity contribution is 0.102. The Bertz CT molecular complexity index is 921. The third-order valence-corrected chi connectivity index (χ3v) is 5.09. The minimum Gasteiger partial charge on any atom is -0.368 e. The van der Waals surface area contributed by atoms with Crippen molar-refractivity contribution < 1.29 is 4.79 Å². The number of nitrogens with one attached hydrogen (secondary N) is 1. The Morgan fingerprint density at radius 3 is 2.18 bits per heavy atom. The summed E-state index contributed by atoms with van der Waals surface area (Å²) in [6, 6.07) is 21.1. The van der Waals surface area contributed by atoms with E-state index in [2.05, 4.69) is 44.4 Å². The number of amides is 1. The van der Waals surface area contributed by atoms with Gasteiger partial charge < -0.3 is 15.1 Å². The second kappa shape index (κ2) is 8.31. The Morgan fingerprint density at radius 2 is 1.54 bits per heavy atom. The maximum Gasteiger partial charge on any atom is 0.255 e. The number of halogens is 1. The number of piperazine rings is 1. The van der Waals surface area contributed by atoms with E-state index in [1.54, 1.807) is 30.5 Å². The van der Waals surface area contributed by atoms with E-state index < -0.39 is 0 Å². The van der Waals surface area contributed by atoms with Gasteiger partial charge in [-0.2, -0.15) is 0 Å². The molecule has 0 saturated carbocycles. The summed E-state index contributed by atoms with van der Waals surface area (Å²) in [6.45, 7) is 3.75. The molecule has 5 nitrogen and oxygen atoms in total. The van der Waals surface area contributed by atoms with Crippen molar-refractivity contribution in [2.24, 2.45) is 0 Å². The van der Waals surface area contributed by atoms with E-state index >= 15 is 0 Å². The lowest BCUT2D eigenvalue weighted by Crippen LogP contribution is -2.46. The average Bonchev–Trinajstić information content (AvgIpc) is 2.75. The van der Waals surface area contributed by atoms with Crippen molar-refractivity contribution in [1.82, 2.24) is 4.98 Å². The topological polar surface area (TPSA) is 48.5 Å². The lowest BCUT2D eigenvalue weighted by Gasteiger charge is -2.36. The predicted octanol–water partition coefficient (Wildman–Crippen LogP) is 4.31. The van der Waals surface area contributed by atoms with Crippen LogP contribution in [0.25, 0.3) is 0 Å². The molecule has 0 radical (unpaired) electrons. The first-order valence-corrected chi connectivity index (χ1v) is 9.65. The highest BCUT2D eigenvalue weighted by Crippen LogP contribution is 2.20. The minimum atomic E-state index is -0.178. The predicted molar refractivity (Wildman–Crippen MR) is 115 cm³/mol. The van der Waals surface area contributed by atoms with Crippen LogP contribution in [0.15, 0.2) is 72.9 Å². The van der Waals surface area contributed by atoms with Crippen LogP contribution in [-0.4, -0.2) is 37.1 Å². The summed E-state index contributed by atoms with van der Waals surface area (Å²) in [7, 11) is 0. The molecule has 3 aromatic rings. The summed E-state index contributed by atoms with van der Waals surface area (Å²) in [6.07, 6.45) is 1.70. The van der Waals surface area contributed by atoms with Crippen molar-refractivity contribution in [3.8, 4) is 0 Å². The SMILES string of the molecule is O=C(Nc1ccc(N2CCN(c3ccccc3)CC2)nc1)c1ccc(Cl)cc1. The maximum absolute atomic E-state index is 12.3. The quantitative estimate of drug-likeness (QED) is 0.718. The molecule has 28 heavy (non-hydrogen) atoms. The number of aromatic nitrogens is 1. The molecule has 0 bridgehead atoms. The number of hydrogen-bond acceptors (Lipinski definition) is 4. The highest BCUT2D eigenvalue weighted by molar-refractivity contribution is 6.30. The number of hydrogen-bond donors (Lipinski definition) is 1. The molecule has 0 unspecified atom stereocenters. The third-order valence-electron chi connectivity index (χ3n) is 4.84. The molecule has 0 spiro atoms. The highest BCUT2D eigenvalue weighted by Gasteiger charge is 2.18. The van der Waals surface area contributed by atoms with Gasteiger partial charge in [0, 0.05) is 42.5 Å². The highest BCUT2D eigenvalue weighted by atomic mass is 35.5. The van der Waals surface area contributed by atoms with Crippen LogP contribution in [0.1, 0.15) is 10.4 Å². The zero-order valence-corrected chi connectivity index (χ0v) is 16.1. The van der Waals surface area contributed by atoms with Gasteiger partial charge >= 0.3 is 0 Å². The van der Waals surface area contributed by atoms with E-state index in [4.69, 9.17) is 11.6 Å². The second-order valence-corrected chi connectivity index (χ2v) is 7.11.